The zero-order chi connectivity index (χ0) is 15.0. The summed E-state index contributed by atoms with van der Waals surface area (Å²) in [6.45, 7) is 4.86. The number of rotatable bonds is 2. The maximum Gasteiger partial charge on any atom is 0.196 e. The SMILES string of the molecule is Cc1cccc(N2C(N)=NCC2c2ccc(C)cc2Br)c1. The molecule has 0 saturated carbocycles. The van der Waals surface area contributed by atoms with E-state index in [4.69, 9.17) is 5.73 Å². The van der Waals surface area contributed by atoms with Crippen LogP contribution in [0.5, 0.6) is 0 Å². The molecule has 1 atom stereocenters. The predicted molar refractivity (Wildman–Crippen MR) is 91.8 cm³/mol. The van der Waals surface area contributed by atoms with Crippen molar-refractivity contribution in [2.24, 2.45) is 10.7 Å². The molecule has 0 radical (unpaired) electrons. The van der Waals surface area contributed by atoms with E-state index in [0.717, 1.165) is 10.2 Å². The van der Waals surface area contributed by atoms with Gasteiger partial charge < -0.3 is 10.6 Å². The third-order valence-electron chi connectivity index (χ3n) is 3.78. The number of anilines is 1. The Morgan fingerprint density at radius 2 is 1.90 bits per heavy atom. The molecule has 1 aliphatic heterocycles. The van der Waals surface area contributed by atoms with Gasteiger partial charge in [0, 0.05) is 10.2 Å². The highest BCUT2D eigenvalue weighted by Gasteiger charge is 2.30. The van der Waals surface area contributed by atoms with Crippen LogP contribution in [0.1, 0.15) is 22.7 Å². The summed E-state index contributed by atoms with van der Waals surface area (Å²) in [6, 6.07) is 14.9. The highest BCUT2D eigenvalue weighted by Crippen LogP contribution is 2.35. The van der Waals surface area contributed by atoms with Crippen LogP contribution in [-0.2, 0) is 0 Å². The molecular weight excluding hydrogens is 326 g/mol. The van der Waals surface area contributed by atoms with E-state index in [1.165, 1.54) is 16.7 Å². The number of halogens is 1. The lowest BCUT2D eigenvalue weighted by Crippen LogP contribution is -2.36. The molecule has 2 aromatic rings. The van der Waals surface area contributed by atoms with Crippen molar-refractivity contribution in [2.45, 2.75) is 19.9 Å². The molecule has 0 bridgehead atoms. The molecule has 1 heterocycles. The summed E-state index contributed by atoms with van der Waals surface area (Å²) >= 11 is 3.67. The van der Waals surface area contributed by atoms with Crippen LogP contribution < -0.4 is 10.6 Å². The number of nitrogens with two attached hydrogens (primary N) is 1. The van der Waals surface area contributed by atoms with Gasteiger partial charge in [-0.25, -0.2) is 0 Å². The Morgan fingerprint density at radius 1 is 1.14 bits per heavy atom. The van der Waals surface area contributed by atoms with Gasteiger partial charge in [-0.3, -0.25) is 4.99 Å². The average Bonchev–Trinajstić information content (AvgIpc) is 2.80. The predicted octanol–water partition coefficient (Wildman–Crippen LogP) is 3.94. The maximum atomic E-state index is 6.13. The van der Waals surface area contributed by atoms with Crippen molar-refractivity contribution >= 4 is 27.6 Å². The minimum atomic E-state index is 0.141. The molecular formula is C17H18BrN3. The smallest absolute Gasteiger partial charge is 0.196 e. The van der Waals surface area contributed by atoms with Gasteiger partial charge >= 0.3 is 0 Å². The molecule has 3 nitrogen and oxygen atoms in total. The van der Waals surface area contributed by atoms with Crippen LogP contribution in [-0.4, -0.2) is 12.5 Å². The third kappa shape index (κ3) is 2.68. The van der Waals surface area contributed by atoms with Gasteiger partial charge in [0.25, 0.3) is 0 Å². The van der Waals surface area contributed by atoms with Gasteiger partial charge in [-0.15, -0.1) is 0 Å². The highest BCUT2D eigenvalue weighted by molar-refractivity contribution is 9.10. The van der Waals surface area contributed by atoms with E-state index in [0.29, 0.717) is 12.5 Å². The molecule has 0 spiro atoms. The number of benzene rings is 2. The van der Waals surface area contributed by atoms with Crippen LogP contribution in [0.4, 0.5) is 5.69 Å². The molecule has 1 aliphatic rings. The minimum Gasteiger partial charge on any atom is -0.369 e. The van der Waals surface area contributed by atoms with Crippen molar-refractivity contribution in [2.75, 3.05) is 11.4 Å². The van der Waals surface area contributed by atoms with E-state index in [-0.39, 0.29) is 6.04 Å². The molecule has 0 amide bonds. The fraction of sp³-hybridized carbons (Fsp3) is 0.235. The quantitative estimate of drug-likeness (QED) is 0.897. The van der Waals surface area contributed by atoms with E-state index in [2.05, 4.69) is 82.1 Å². The largest absolute Gasteiger partial charge is 0.369 e. The van der Waals surface area contributed by atoms with Crippen LogP contribution in [0.2, 0.25) is 0 Å². The standard InChI is InChI=1S/C17H18BrN3/c1-11-4-3-5-13(8-11)21-16(10-20-17(21)19)14-7-6-12(2)9-15(14)18/h3-9,16H,10H2,1-2H3,(H2,19,20). The van der Waals surface area contributed by atoms with Crippen LogP contribution in [0.15, 0.2) is 51.9 Å². The first-order chi connectivity index (χ1) is 10.1. The van der Waals surface area contributed by atoms with E-state index >= 15 is 0 Å². The van der Waals surface area contributed by atoms with Crippen LogP contribution >= 0.6 is 15.9 Å². The molecule has 1 unspecified atom stereocenters. The first-order valence-electron chi connectivity index (χ1n) is 6.98. The number of nitrogens with zero attached hydrogens (tertiary/aromatic N) is 2. The number of aryl methyl sites for hydroxylation is 2. The van der Waals surface area contributed by atoms with E-state index < -0.39 is 0 Å². The lowest BCUT2D eigenvalue weighted by atomic mass is 10.0. The van der Waals surface area contributed by atoms with E-state index in [1.54, 1.807) is 0 Å². The fourth-order valence-corrected chi connectivity index (χ4v) is 3.48. The summed E-state index contributed by atoms with van der Waals surface area (Å²) in [6.07, 6.45) is 0. The Bertz CT molecular complexity index is 709. The Kier molecular flexibility index (Phi) is 3.72. The van der Waals surface area contributed by atoms with E-state index in [1.807, 2.05) is 0 Å². The Balaban J connectivity index is 2.03. The highest BCUT2D eigenvalue weighted by atomic mass is 79.9. The number of aliphatic imine (C=N–C) groups is 1. The Hall–Kier alpha value is -1.81. The molecule has 3 rings (SSSR count). The normalized spacial score (nSPS) is 18.0. The molecule has 0 saturated heterocycles. The minimum absolute atomic E-state index is 0.141. The Morgan fingerprint density at radius 3 is 2.62 bits per heavy atom. The van der Waals surface area contributed by atoms with Crippen molar-refractivity contribution in [1.29, 1.82) is 0 Å². The summed E-state index contributed by atoms with van der Waals surface area (Å²) in [7, 11) is 0. The van der Waals surface area contributed by atoms with Gasteiger partial charge in [-0.05, 0) is 48.7 Å². The van der Waals surface area contributed by atoms with Gasteiger partial charge in [0.15, 0.2) is 5.96 Å². The molecule has 2 aromatic carbocycles. The zero-order valence-electron chi connectivity index (χ0n) is 12.2. The van der Waals surface area contributed by atoms with Crippen molar-refractivity contribution in [3.63, 3.8) is 0 Å². The van der Waals surface area contributed by atoms with Gasteiger partial charge in [0.2, 0.25) is 0 Å². The van der Waals surface area contributed by atoms with Crippen molar-refractivity contribution in [3.05, 3.63) is 63.6 Å². The second kappa shape index (κ2) is 5.53. The lowest BCUT2D eigenvalue weighted by Gasteiger charge is -2.27. The summed E-state index contributed by atoms with van der Waals surface area (Å²) < 4.78 is 1.11. The first kappa shape index (κ1) is 14.1. The van der Waals surface area contributed by atoms with Crippen LogP contribution in [0.25, 0.3) is 0 Å². The van der Waals surface area contributed by atoms with Gasteiger partial charge in [-0.1, -0.05) is 40.2 Å². The zero-order valence-corrected chi connectivity index (χ0v) is 13.8. The first-order valence-corrected chi connectivity index (χ1v) is 7.77. The number of guanidine groups is 1. The molecule has 4 heteroatoms. The second-order valence-electron chi connectivity index (χ2n) is 5.45. The summed E-state index contributed by atoms with van der Waals surface area (Å²) in [4.78, 5) is 6.56. The van der Waals surface area contributed by atoms with Crippen LogP contribution in [0, 0.1) is 13.8 Å². The number of hydrogen-bond acceptors (Lipinski definition) is 3. The van der Waals surface area contributed by atoms with Crippen molar-refractivity contribution in [3.8, 4) is 0 Å². The number of hydrogen-bond donors (Lipinski definition) is 1. The fourth-order valence-electron chi connectivity index (χ4n) is 2.73. The van der Waals surface area contributed by atoms with Crippen molar-refractivity contribution < 1.29 is 0 Å². The molecule has 0 aliphatic carbocycles. The van der Waals surface area contributed by atoms with Crippen molar-refractivity contribution in [1.82, 2.24) is 0 Å². The Labute approximate surface area is 133 Å². The van der Waals surface area contributed by atoms with Gasteiger partial charge in [0.1, 0.15) is 0 Å². The molecule has 0 aromatic heterocycles. The summed E-state index contributed by atoms with van der Waals surface area (Å²) in [5, 5.41) is 0. The molecule has 21 heavy (non-hydrogen) atoms. The average molecular weight is 344 g/mol. The monoisotopic (exact) mass is 343 g/mol. The van der Waals surface area contributed by atoms with Crippen LogP contribution in [0.3, 0.4) is 0 Å². The summed E-state index contributed by atoms with van der Waals surface area (Å²) in [5.41, 5.74) is 10.9. The van der Waals surface area contributed by atoms with E-state index in [9.17, 15) is 0 Å². The van der Waals surface area contributed by atoms with Gasteiger partial charge in [-0.2, -0.15) is 0 Å². The van der Waals surface area contributed by atoms with Gasteiger partial charge in [0.05, 0.1) is 12.6 Å². The molecule has 2 N–H and O–H groups in total. The summed E-state index contributed by atoms with van der Waals surface area (Å²) in [5.74, 6) is 0.582. The molecule has 108 valence electrons. The molecule has 0 fully saturated rings. The lowest BCUT2D eigenvalue weighted by molar-refractivity contribution is 0.764. The second-order valence-corrected chi connectivity index (χ2v) is 6.30. The maximum absolute atomic E-state index is 6.13. The topological polar surface area (TPSA) is 41.6 Å². The third-order valence-corrected chi connectivity index (χ3v) is 4.47.